The summed E-state index contributed by atoms with van der Waals surface area (Å²) in [5.74, 6) is 7.27. The summed E-state index contributed by atoms with van der Waals surface area (Å²) in [5.41, 5.74) is 1.08. The molecule has 7 nitrogen and oxygen atoms in total. The molecule has 2 N–H and O–H groups in total. The lowest BCUT2D eigenvalue weighted by Gasteiger charge is -2.21. The molecule has 1 amide bonds. The van der Waals surface area contributed by atoms with Gasteiger partial charge in [0, 0.05) is 18.1 Å². The molecule has 152 valence electrons. The predicted molar refractivity (Wildman–Crippen MR) is 117 cm³/mol. The second-order valence-corrected chi connectivity index (χ2v) is 8.68. The summed E-state index contributed by atoms with van der Waals surface area (Å²) in [6.45, 7) is 2.56. The van der Waals surface area contributed by atoms with Crippen molar-refractivity contribution < 1.29 is 9.53 Å². The number of aromatic nitrogens is 3. The lowest BCUT2D eigenvalue weighted by Crippen LogP contribution is -2.33. The van der Waals surface area contributed by atoms with Gasteiger partial charge in [0.1, 0.15) is 12.4 Å². The molecule has 0 aliphatic carbocycles. The fourth-order valence-corrected chi connectivity index (χ4v) is 3.93. The van der Waals surface area contributed by atoms with Gasteiger partial charge in [-0.25, -0.2) is 4.68 Å². The molecule has 9 heteroatoms. The van der Waals surface area contributed by atoms with E-state index in [4.69, 9.17) is 10.6 Å². The minimum atomic E-state index is -0.353. The molecule has 3 aromatic rings. The molecule has 1 atom stereocenters. The zero-order valence-corrected chi connectivity index (χ0v) is 18.6. The van der Waals surface area contributed by atoms with Crippen LogP contribution in [0.4, 0.5) is 0 Å². The van der Waals surface area contributed by atoms with E-state index in [1.807, 2.05) is 61.5 Å². The molecule has 1 aromatic heterocycles. The van der Waals surface area contributed by atoms with Crippen molar-refractivity contribution in [2.75, 3.05) is 12.9 Å². The van der Waals surface area contributed by atoms with Crippen molar-refractivity contribution in [1.82, 2.24) is 19.8 Å². The van der Waals surface area contributed by atoms with Gasteiger partial charge in [-0.3, -0.25) is 4.79 Å². The number of nitrogen functional groups attached to an aromatic ring is 1. The zero-order valence-electron chi connectivity index (χ0n) is 16.2. The van der Waals surface area contributed by atoms with E-state index in [0.29, 0.717) is 23.3 Å². The molecular weight excluding hydrogens is 454 g/mol. The minimum absolute atomic E-state index is 0.00575. The molecule has 0 saturated heterocycles. The number of hydrogen-bond donors (Lipinski definition) is 1. The Morgan fingerprint density at radius 3 is 2.72 bits per heavy atom. The first-order valence-corrected chi connectivity index (χ1v) is 10.6. The van der Waals surface area contributed by atoms with Crippen molar-refractivity contribution in [1.29, 1.82) is 0 Å². The van der Waals surface area contributed by atoms with E-state index < -0.39 is 0 Å². The third kappa shape index (κ3) is 5.74. The van der Waals surface area contributed by atoms with Crippen molar-refractivity contribution in [3.05, 3.63) is 70.5 Å². The molecule has 0 bridgehead atoms. The van der Waals surface area contributed by atoms with E-state index in [-0.39, 0.29) is 17.8 Å². The largest absolute Gasteiger partial charge is 0.485 e. The Balaban J connectivity index is 1.57. The van der Waals surface area contributed by atoms with Crippen molar-refractivity contribution >= 4 is 33.6 Å². The number of nitrogens with two attached hydrogens (primary N) is 1. The summed E-state index contributed by atoms with van der Waals surface area (Å²) in [7, 11) is 1.79. The van der Waals surface area contributed by atoms with Crippen LogP contribution in [0.25, 0.3) is 0 Å². The molecule has 1 heterocycles. The van der Waals surface area contributed by atoms with Gasteiger partial charge in [0.05, 0.1) is 5.25 Å². The van der Waals surface area contributed by atoms with Gasteiger partial charge in [0.2, 0.25) is 11.1 Å². The fraction of sp³-hybridized carbons (Fsp3) is 0.250. The molecule has 0 fully saturated rings. The molecule has 0 aliphatic heterocycles. The van der Waals surface area contributed by atoms with Gasteiger partial charge in [-0.05, 0) is 30.7 Å². The topological polar surface area (TPSA) is 86.3 Å². The van der Waals surface area contributed by atoms with Gasteiger partial charge in [-0.1, -0.05) is 64.1 Å². The number of amides is 1. The number of ether oxygens (including phenoxy) is 1. The van der Waals surface area contributed by atoms with Crippen LogP contribution in [0.1, 0.15) is 18.3 Å². The van der Waals surface area contributed by atoms with Crippen LogP contribution in [0, 0.1) is 0 Å². The molecule has 3 rings (SSSR count). The molecule has 0 radical (unpaired) electrons. The molecule has 0 saturated carbocycles. The third-order valence-corrected chi connectivity index (χ3v) is 5.71. The molecule has 2 aromatic carbocycles. The lowest BCUT2D eigenvalue weighted by molar-refractivity contribution is -0.129. The van der Waals surface area contributed by atoms with Crippen molar-refractivity contribution in [3.63, 3.8) is 0 Å². The number of rotatable bonds is 8. The van der Waals surface area contributed by atoms with Crippen LogP contribution in [0.15, 0.2) is 64.2 Å². The smallest absolute Gasteiger partial charge is 0.235 e. The maximum absolute atomic E-state index is 12.7. The van der Waals surface area contributed by atoms with Crippen molar-refractivity contribution in [2.24, 2.45) is 0 Å². The maximum atomic E-state index is 12.7. The standard InChI is InChI=1S/C20H22BrN5O2S/c1-14(19(27)25(2)12-15-7-4-3-5-8-15)29-20-24-23-18(26(20)22)13-28-17-10-6-9-16(21)11-17/h3-11,14H,12-13,22H2,1-2H3/t14-/m1/s1. The Morgan fingerprint density at radius 1 is 1.24 bits per heavy atom. The molecule has 0 unspecified atom stereocenters. The normalized spacial score (nSPS) is 11.8. The van der Waals surface area contributed by atoms with E-state index >= 15 is 0 Å². The zero-order chi connectivity index (χ0) is 20.8. The number of halogens is 1. The highest BCUT2D eigenvalue weighted by atomic mass is 79.9. The van der Waals surface area contributed by atoms with Gasteiger partial charge in [-0.15, -0.1) is 10.2 Å². The van der Waals surface area contributed by atoms with Crippen LogP contribution < -0.4 is 10.6 Å². The van der Waals surface area contributed by atoms with Crippen LogP contribution >= 0.6 is 27.7 Å². The van der Waals surface area contributed by atoms with E-state index in [1.54, 1.807) is 11.9 Å². The van der Waals surface area contributed by atoms with Crippen molar-refractivity contribution in [2.45, 2.75) is 30.5 Å². The first kappa shape index (κ1) is 21.2. The highest BCUT2D eigenvalue weighted by Crippen LogP contribution is 2.23. The Hall–Kier alpha value is -2.52. The SMILES string of the molecule is C[C@@H](Sc1nnc(COc2cccc(Br)c2)n1N)C(=O)N(C)Cc1ccccc1. The van der Waals surface area contributed by atoms with Crippen LogP contribution in [0.3, 0.4) is 0 Å². The molecule has 0 spiro atoms. The summed E-state index contributed by atoms with van der Waals surface area (Å²) < 4.78 is 7.99. The number of benzene rings is 2. The van der Waals surface area contributed by atoms with Gasteiger partial charge in [0.25, 0.3) is 0 Å². The minimum Gasteiger partial charge on any atom is -0.485 e. The number of carbonyl (C=O) groups is 1. The quantitative estimate of drug-likeness (QED) is 0.396. The molecule has 0 aliphatic rings. The number of hydrogen-bond acceptors (Lipinski definition) is 6. The van der Waals surface area contributed by atoms with Gasteiger partial charge >= 0.3 is 0 Å². The number of nitrogens with zero attached hydrogens (tertiary/aromatic N) is 4. The predicted octanol–water partition coefficient (Wildman–Crippen LogP) is 3.47. The average Bonchev–Trinajstić information content (AvgIpc) is 3.06. The van der Waals surface area contributed by atoms with E-state index in [1.165, 1.54) is 16.4 Å². The van der Waals surface area contributed by atoms with Crippen LogP contribution in [0.5, 0.6) is 5.75 Å². The summed E-state index contributed by atoms with van der Waals surface area (Å²) in [6.07, 6.45) is 0. The Bertz CT molecular complexity index is 967. The highest BCUT2D eigenvalue weighted by molar-refractivity contribution is 9.10. The number of carbonyl (C=O) groups excluding carboxylic acids is 1. The first-order chi connectivity index (χ1) is 13.9. The van der Waals surface area contributed by atoms with Gasteiger partial charge < -0.3 is 15.5 Å². The first-order valence-electron chi connectivity index (χ1n) is 8.97. The van der Waals surface area contributed by atoms with Crippen LogP contribution in [0.2, 0.25) is 0 Å². The highest BCUT2D eigenvalue weighted by Gasteiger charge is 2.22. The van der Waals surface area contributed by atoms with E-state index in [2.05, 4.69) is 26.1 Å². The maximum Gasteiger partial charge on any atom is 0.235 e. The van der Waals surface area contributed by atoms with Gasteiger partial charge in [-0.2, -0.15) is 0 Å². The fourth-order valence-electron chi connectivity index (χ4n) is 2.64. The number of thioether (sulfide) groups is 1. The Kier molecular flexibility index (Phi) is 7.16. The van der Waals surface area contributed by atoms with Crippen molar-refractivity contribution in [3.8, 4) is 5.75 Å². The second kappa shape index (κ2) is 9.80. The summed E-state index contributed by atoms with van der Waals surface area (Å²) in [6, 6.07) is 17.4. The Labute approximate surface area is 182 Å². The molecule has 29 heavy (non-hydrogen) atoms. The van der Waals surface area contributed by atoms with Crippen LogP contribution in [-0.4, -0.2) is 38.0 Å². The monoisotopic (exact) mass is 475 g/mol. The third-order valence-electron chi connectivity index (χ3n) is 4.17. The van der Waals surface area contributed by atoms with Gasteiger partial charge in [0.15, 0.2) is 5.82 Å². The van der Waals surface area contributed by atoms with E-state index in [9.17, 15) is 4.79 Å². The summed E-state index contributed by atoms with van der Waals surface area (Å²) >= 11 is 4.68. The van der Waals surface area contributed by atoms with E-state index in [0.717, 1.165) is 10.0 Å². The Morgan fingerprint density at radius 2 is 2.00 bits per heavy atom. The van der Waals surface area contributed by atoms with Crippen LogP contribution in [-0.2, 0) is 17.9 Å². The lowest BCUT2D eigenvalue weighted by atomic mass is 10.2. The summed E-state index contributed by atoms with van der Waals surface area (Å²) in [4.78, 5) is 14.4. The molecular formula is C20H22BrN5O2S. The summed E-state index contributed by atoms with van der Waals surface area (Å²) in [5, 5.41) is 8.30. The average molecular weight is 476 g/mol. The second-order valence-electron chi connectivity index (χ2n) is 6.45.